The second-order valence-electron chi connectivity index (χ2n) is 2.26. The number of rotatable bonds is 0. The van der Waals surface area contributed by atoms with E-state index in [1.54, 1.807) is 12.1 Å². The van der Waals surface area contributed by atoms with Gasteiger partial charge >= 0.3 is 0 Å². The molecule has 0 atom stereocenters. The van der Waals surface area contributed by atoms with Gasteiger partial charge in [-0.3, -0.25) is 4.79 Å². The summed E-state index contributed by atoms with van der Waals surface area (Å²) in [6, 6.07) is 3.23. The average molecular weight is 243 g/mol. The van der Waals surface area contributed by atoms with Crippen LogP contribution in [0.15, 0.2) is 21.2 Å². The topological polar surface area (TPSA) is 64.7 Å². The molecule has 0 radical (unpaired) electrons. The molecule has 1 rings (SSSR count). The SMILES string of the molecule is N#CC1=C(C#N)C(=S)C(Cl)=C(Cl)C1=O. The minimum Gasteiger partial charge on any atom is -0.287 e. The van der Waals surface area contributed by atoms with Gasteiger partial charge in [0.2, 0.25) is 5.78 Å². The molecule has 0 aromatic rings. The van der Waals surface area contributed by atoms with Crippen molar-refractivity contribution in [1.29, 1.82) is 10.5 Å². The van der Waals surface area contributed by atoms with Gasteiger partial charge in [0.05, 0.1) is 15.5 Å². The van der Waals surface area contributed by atoms with Crippen LogP contribution < -0.4 is 0 Å². The number of carbonyl (C=O) groups is 1. The van der Waals surface area contributed by atoms with E-state index < -0.39 is 5.78 Å². The Morgan fingerprint density at radius 1 is 1.07 bits per heavy atom. The van der Waals surface area contributed by atoms with E-state index in [4.69, 9.17) is 45.9 Å². The van der Waals surface area contributed by atoms with Crippen molar-refractivity contribution >= 4 is 46.1 Å². The first kappa shape index (κ1) is 10.9. The fourth-order valence-electron chi connectivity index (χ4n) is 0.859. The molecule has 0 saturated heterocycles. The number of carbonyl (C=O) groups excluding carboxylic acids is 1. The summed E-state index contributed by atoms with van der Waals surface area (Å²) < 4.78 is 0. The Balaban J connectivity index is 3.51. The largest absolute Gasteiger partial charge is 0.287 e. The quantitative estimate of drug-likeness (QED) is 0.610. The smallest absolute Gasteiger partial charge is 0.217 e. The molecule has 0 spiro atoms. The fourth-order valence-corrected chi connectivity index (χ4v) is 1.53. The van der Waals surface area contributed by atoms with Crippen molar-refractivity contribution in [3.8, 4) is 12.1 Å². The molecule has 0 unspecified atom stereocenters. The highest BCUT2D eigenvalue weighted by molar-refractivity contribution is 7.81. The Labute approximate surface area is 94.8 Å². The van der Waals surface area contributed by atoms with Gasteiger partial charge in [-0.1, -0.05) is 35.4 Å². The number of halogens is 2. The van der Waals surface area contributed by atoms with Crippen LogP contribution in [0.3, 0.4) is 0 Å². The van der Waals surface area contributed by atoms with Crippen LogP contribution in [0.5, 0.6) is 0 Å². The first-order chi connectivity index (χ1) is 6.54. The zero-order valence-corrected chi connectivity index (χ0v) is 8.80. The van der Waals surface area contributed by atoms with Crippen LogP contribution in [0.25, 0.3) is 0 Å². The second-order valence-corrected chi connectivity index (χ2v) is 3.42. The minimum absolute atomic E-state index is 0.0599. The van der Waals surface area contributed by atoms with Gasteiger partial charge in [-0.2, -0.15) is 10.5 Å². The van der Waals surface area contributed by atoms with Crippen molar-refractivity contribution in [2.75, 3.05) is 0 Å². The lowest BCUT2D eigenvalue weighted by atomic mass is 9.97. The molecule has 0 fully saturated rings. The molecule has 0 heterocycles. The number of thiocarbonyl (C=S) groups is 1. The molecule has 3 nitrogen and oxygen atoms in total. The Morgan fingerprint density at radius 3 is 2.00 bits per heavy atom. The van der Waals surface area contributed by atoms with Gasteiger partial charge in [0.25, 0.3) is 0 Å². The molecular formula is C8Cl2N2OS. The Hall–Kier alpha value is -1.20. The van der Waals surface area contributed by atoms with Gasteiger partial charge in [0.15, 0.2) is 0 Å². The summed E-state index contributed by atoms with van der Waals surface area (Å²) in [5.74, 6) is -0.760. The van der Waals surface area contributed by atoms with E-state index in [1.165, 1.54) is 0 Å². The van der Waals surface area contributed by atoms with Crippen molar-refractivity contribution in [3.63, 3.8) is 0 Å². The van der Waals surface area contributed by atoms with Gasteiger partial charge in [0.1, 0.15) is 22.7 Å². The Morgan fingerprint density at radius 2 is 1.57 bits per heavy atom. The molecule has 0 bridgehead atoms. The van der Waals surface area contributed by atoms with E-state index in [0.29, 0.717) is 0 Å². The third-order valence-corrected chi connectivity index (χ3v) is 2.87. The van der Waals surface area contributed by atoms with Crippen molar-refractivity contribution in [3.05, 3.63) is 21.2 Å². The zero-order valence-electron chi connectivity index (χ0n) is 6.47. The molecule has 14 heavy (non-hydrogen) atoms. The van der Waals surface area contributed by atoms with Crippen molar-refractivity contribution in [1.82, 2.24) is 0 Å². The van der Waals surface area contributed by atoms with Crippen LogP contribution in [0.4, 0.5) is 0 Å². The van der Waals surface area contributed by atoms with E-state index in [2.05, 4.69) is 0 Å². The highest BCUT2D eigenvalue weighted by Gasteiger charge is 2.30. The number of ketones is 1. The van der Waals surface area contributed by atoms with Gasteiger partial charge in [0, 0.05) is 0 Å². The summed E-state index contributed by atoms with van der Waals surface area (Å²) in [5.41, 5.74) is -0.547. The summed E-state index contributed by atoms with van der Waals surface area (Å²) in [4.78, 5) is 11.3. The highest BCUT2D eigenvalue weighted by atomic mass is 35.5. The molecule has 1 aliphatic rings. The van der Waals surface area contributed by atoms with Crippen LogP contribution in [0, 0.1) is 22.7 Å². The van der Waals surface area contributed by atoms with Gasteiger partial charge in [-0.05, 0) is 0 Å². The number of allylic oxidation sites excluding steroid dienone is 4. The summed E-state index contributed by atoms with van der Waals surface area (Å²) in [6.07, 6.45) is 0. The number of Topliss-reactive ketones (excluding diaryl/α,β-unsaturated/α-hetero) is 1. The minimum atomic E-state index is -0.760. The molecule has 0 aromatic heterocycles. The van der Waals surface area contributed by atoms with E-state index in [-0.39, 0.29) is 26.1 Å². The Kier molecular flexibility index (Phi) is 3.03. The molecule has 0 saturated carbocycles. The summed E-state index contributed by atoms with van der Waals surface area (Å²) >= 11 is 15.9. The zero-order chi connectivity index (χ0) is 10.9. The molecule has 1 aliphatic carbocycles. The van der Waals surface area contributed by atoms with Crippen LogP contribution >= 0.6 is 35.4 Å². The normalized spacial score (nSPS) is 16.9. The number of nitrogens with zero attached hydrogens (tertiary/aromatic N) is 2. The lowest BCUT2D eigenvalue weighted by Gasteiger charge is -2.10. The summed E-state index contributed by atoms with van der Waals surface area (Å²) in [6.45, 7) is 0. The lowest BCUT2D eigenvalue weighted by Crippen LogP contribution is -2.17. The summed E-state index contributed by atoms with van der Waals surface area (Å²) in [5, 5.41) is 16.8. The molecule has 0 aromatic carbocycles. The molecule has 0 aliphatic heterocycles. The van der Waals surface area contributed by atoms with Crippen molar-refractivity contribution in [2.24, 2.45) is 0 Å². The van der Waals surface area contributed by atoms with E-state index in [0.717, 1.165) is 0 Å². The number of nitriles is 2. The molecule has 68 valence electrons. The maximum atomic E-state index is 11.3. The van der Waals surface area contributed by atoms with Crippen LogP contribution in [0.1, 0.15) is 0 Å². The van der Waals surface area contributed by atoms with Crippen LogP contribution in [-0.4, -0.2) is 10.6 Å². The number of hydrogen-bond donors (Lipinski definition) is 0. The maximum Gasteiger partial charge on any atom is 0.217 e. The lowest BCUT2D eigenvalue weighted by molar-refractivity contribution is -0.111. The first-order valence-electron chi connectivity index (χ1n) is 3.23. The fraction of sp³-hybridized carbons (Fsp3) is 0. The molecule has 0 amide bonds. The third-order valence-electron chi connectivity index (χ3n) is 1.52. The maximum absolute atomic E-state index is 11.3. The average Bonchev–Trinajstić information content (AvgIpc) is 2.20. The summed E-state index contributed by atoms with van der Waals surface area (Å²) in [7, 11) is 0. The third kappa shape index (κ3) is 1.44. The Bertz CT molecular complexity index is 446. The van der Waals surface area contributed by atoms with Crippen LogP contribution in [0.2, 0.25) is 0 Å². The van der Waals surface area contributed by atoms with Gasteiger partial charge < -0.3 is 0 Å². The predicted octanol–water partition coefficient (Wildman–Crippen LogP) is 1.97. The monoisotopic (exact) mass is 242 g/mol. The van der Waals surface area contributed by atoms with E-state index >= 15 is 0 Å². The molecule has 0 N–H and O–H groups in total. The van der Waals surface area contributed by atoms with Crippen molar-refractivity contribution in [2.45, 2.75) is 0 Å². The highest BCUT2D eigenvalue weighted by Crippen LogP contribution is 2.29. The number of hydrogen-bond acceptors (Lipinski definition) is 4. The predicted molar refractivity (Wildman–Crippen MR) is 54.6 cm³/mol. The first-order valence-corrected chi connectivity index (χ1v) is 4.40. The standard InChI is InChI=1S/C8Cl2N2OS/c9-5-6(10)8(14)4(2-12)3(1-11)7(5)13. The molecule has 6 heteroatoms. The van der Waals surface area contributed by atoms with Crippen LogP contribution in [-0.2, 0) is 4.79 Å². The van der Waals surface area contributed by atoms with E-state index in [1.807, 2.05) is 0 Å². The van der Waals surface area contributed by atoms with Gasteiger partial charge in [-0.15, -0.1) is 0 Å². The molecular weight excluding hydrogens is 243 g/mol. The van der Waals surface area contributed by atoms with E-state index in [9.17, 15) is 4.79 Å². The van der Waals surface area contributed by atoms with Crippen molar-refractivity contribution < 1.29 is 4.79 Å². The van der Waals surface area contributed by atoms with Gasteiger partial charge in [-0.25, -0.2) is 0 Å². The second kappa shape index (κ2) is 3.89.